The fraction of sp³-hybridized carbons (Fsp3) is 0.276. The third-order valence-corrected chi connectivity index (χ3v) is 7.69. The standard InChI is InChI=1S/C29H28FN9O/c1-16-14-39(15-33-16)24-7-8-32-27-26(24)35-28(36-27)25-21-10-20(22(30)11-23(21)37-38-25)18-9-19(13-31-12-18)34-29(40)17-5-3-2-4-6-17/h7-15,17,29,34,40H,2-6H2,1H3,(H,37,38)(H,32,35,36). The maximum Gasteiger partial charge on any atom is 0.161 e. The Balaban J connectivity index is 1.25. The van der Waals surface area contributed by atoms with Crippen molar-refractivity contribution in [1.82, 2.24) is 39.7 Å². The van der Waals surface area contributed by atoms with Gasteiger partial charge in [-0.15, -0.1) is 0 Å². The van der Waals surface area contributed by atoms with E-state index in [1.807, 2.05) is 29.8 Å². The van der Waals surface area contributed by atoms with Crippen LogP contribution in [0.15, 0.2) is 55.4 Å². The Morgan fingerprint density at radius 3 is 2.83 bits per heavy atom. The number of aromatic amines is 2. The average Bonchev–Trinajstić information content (AvgIpc) is 3.70. The summed E-state index contributed by atoms with van der Waals surface area (Å²) in [6.45, 7) is 1.93. The molecule has 1 fully saturated rings. The Labute approximate surface area is 228 Å². The predicted molar refractivity (Wildman–Crippen MR) is 150 cm³/mol. The number of aliphatic hydroxyl groups excluding tert-OH is 1. The number of benzene rings is 1. The van der Waals surface area contributed by atoms with E-state index in [0.717, 1.165) is 37.1 Å². The summed E-state index contributed by atoms with van der Waals surface area (Å²) in [5.41, 5.74) is 5.73. The van der Waals surface area contributed by atoms with Crippen molar-refractivity contribution in [2.24, 2.45) is 5.92 Å². The number of hydrogen-bond donors (Lipinski definition) is 4. The summed E-state index contributed by atoms with van der Waals surface area (Å²) in [5, 5.41) is 22.0. The van der Waals surface area contributed by atoms with Gasteiger partial charge in [0.25, 0.3) is 0 Å². The minimum Gasteiger partial charge on any atom is -0.374 e. The molecule has 1 unspecified atom stereocenters. The smallest absolute Gasteiger partial charge is 0.161 e. The number of halogens is 1. The van der Waals surface area contributed by atoms with Gasteiger partial charge in [0.2, 0.25) is 0 Å². The highest BCUT2D eigenvalue weighted by molar-refractivity contribution is 5.96. The van der Waals surface area contributed by atoms with Crippen LogP contribution in [0.5, 0.6) is 0 Å². The zero-order valence-corrected chi connectivity index (χ0v) is 21.9. The van der Waals surface area contributed by atoms with Crippen LogP contribution in [-0.4, -0.2) is 51.0 Å². The van der Waals surface area contributed by atoms with Crippen LogP contribution in [0.1, 0.15) is 37.8 Å². The van der Waals surface area contributed by atoms with Crippen LogP contribution in [0.2, 0.25) is 0 Å². The van der Waals surface area contributed by atoms with Crippen LogP contribution in [0.4, 0.5) is 10.1 Å². The van der Waals surface area contributed by atoms with Gasteiger partial charge in [0.1, 0.15) is 23.3 Å². The fourth-order valence-electron chi connectivity index (χ4n) is 5.62. The first-order valence-electron chi connectivity index (χ1n) is 13.5. The van der Waals surface area contributed by atoms with Gasteiger partial charge in [-0.2, -0.15) is 5.10 Å². The highest BCUT2D eigenvalue weighted by Crippen LogP contribution is 2.34. The Morgan fingerprint density at radius 1 is 1.12 bits per heavy atom. The Hall–Kier alpha value is -4.64. The molecule has 1 aliphatic carbocycles. The van der Waals surface area contributed by atoms with Crippen molar-refractivity contribution in [2.45, 2.75) is 45.3 Å². The lowest BCUT2D eigenvalue weighted by molar-refractivity contribution is 0.109. The number of imidazole rings is 2. The number of H-pyrrole nitrogens is 2. The van der Waals surface area contributed by atoms with Crippen molar-refractivity contribution in [2.75, 3.05) is 5.32 Å². The van der Waals surface area contributed by atoms with E-state index in [1.54, 1.807) is 31.0 Å². The van der Waals surface area contributed by atoms with Crippen molar-refractivity contribution >= 4 is 27.8 Å². The molecular formula is C29H28FN9O. The van der Waals surface area contributed by atoms with Crippen LogP contribution >= 0.6 is 0 Å². The molecule has 6 aromatic rings. The van der Waals surface area contributed by atoms with E-state index in [0.29, 0.717) is 50.4 Å². The molecule has 4 N–H and O–H groups in total. The topological polar surface area (TPSA) is 133 Å². The lowest BCUT2D eigenvalue weighted by Gasteiger charge is -2.27. The van der Waals surface area contributed by atoms with Gasteiger partial charge in [-0.05, 0) is 38.0 Å². The van der Waals surface area contributed by atoms with Gasteiger partial charge in [0, 0.05) is 47.1 Å². The number of anilines is 1. The molecule has 11 heteroatoms. The molecule has 0 amide bonds. The highest BCUT2D eigenvalue weighted by Gasteiger charge is 2.22. The second kappa shape index (κ2) is 9.83. The molecule has 0 aliphatic heterocycles. The lowest BCUT2D eigenvalue weighted by atomic mass is 9.88. The summed E-state index contributed by atoms with van der Waals surface area (Å²) >= 11 is 0. The second-order valence-corrected chi connectivity index (χ2v) is 10.4. The SMILES string of the molecule is Cc1cn(-c2ccnc3[nH]c(-c4n[nH]c5cc(F)c(-c6cncc(NC(O)C7CCCCC7)c6)cc45)nc23)cn1. The molecule has 5 heterocycles. The molecule has 0 bridgehead atoms. The molecular weight excluding hydrogens is 509 g/mol. The summed E-state index contributed by atoms with van der Waals surface area (Å²) in [6.07, 6.45) is 13.4. The van der Waals surface area contributed by atoms with E-state index < -0.39 is 12.0 Å². The number of aromatic nitrogens is 8. The van der Waals surface area contributed by atoms with Crippen molar-refractivity contribution in [1.29, 1.82) is 0 Å². The van der Waals surface area contributed by atoms with E-state index in [2.05, 4.69) is 35.5 Å². The number of fused-ring (bicyclic) bond motifs is 2. The molecule has 1 aliphatic rings. The number of aryl methyl sites for hydroxylation is 1. The number of nitrogens with zero attached hydrogens (tertiary/aromatic N) is 6. The van der Waals surface area contributed by atoms with Crippen LogP contribution in [-0.2, 0) is 0 Å². The lowest BCUT2D eigenvalue weighted by Crippen LogP contribution is -2.30. The summed E-state index contributed by atoms with van der Waals surface area (Å²) in [7, 11) is 0. The largest absolute Gasteiger partial charge is 0.374 e. The molecule has 40 heavy (non-hydrogen) atoms. The third kappa shape index (κ3) is 4.37. The normalized spacial score (nSPS) is 15.2. The maximum atomic E-state index is 15.3. The molecule has 1 aromatic carbocycles. The summed E-state index contributed by atoms with van der Waals surface area (Å²) < 4.78 is 17.2. The second-order valence-electron chi connectivity index (χ2n) is 10.4. The number of hydrogen-bond acceptors (Lipinski definition) is 7. The molecule has 0 spiro atoms. The Morgan fingerprint density at radius 2 is 2.00 bits per heavy atom. The molecule has 202 valence electrons. The third-order valence-electron chi connectivity index (χ3n) is 7.69. The van der Waals surface area contributed by atoms with Crippen LogP contribution < -0.4 is 5.32 Å². The van der Waals surface area contributed by atoms with Gasteiger partial charge in [0.05, 0.1) is 35.1 Å². The van der Waals surface area contributed by atoms with Gasteiger partial charge < -0.3 is 20.0 Å². The monoisotopic (exact) mass is 537 g/mol. The van der Waals surface area contributed by atoms with Gasteiger partial charge >= 0.3 is 0 Å². The van der Waals surface area contributed by atoms with E-state index in [4.69, 9.17) is 4.98 Å². The average molecular weight is 538 g/mol. The summed E-state index contributed by atoms with van der Waals surface area (Å²) in [5.74, 6) is 0.314. The van der Waals surface area contributed by atoms with Crippen LogP contribution in [0.3, 0.4) is 0 Å². The molecule has 1 atom stereocenters. The van der Waals surface area contributed by atoms with E-state index >= 15 is 4.39 Å². The quantitative estimate of drug-likeness (QED) is 0.206. The van der Waals surface area contributed by atoms with Crippen LogP contribution in [0, 0.1) is 18.7 Å². The molecule has 0 saturated heterocycles. The summed E-state index contributed by atoms with van der Waals surface area (Å²) in [4.78, 5) is 21.2. The molecule has 10 nitrogen and oxygen atoms in total. The van der Waals surface area contributed by atoms with Crippen molar-refractivity contribution in [3.8, 4) is 28.3 Å². The number of aliphatic hydroxyl groups is 1. The highest BCUT2D eigenvalue weighted by atomic mass is 19.1. The van der Waals surface area contributed by atoms with Gasteiger partial charge in [-0.3, -0.25) is 10.1 Å². The molecule has 0 radical (unpaired) electrons. The van der Waals surface area contributed by atoms with Gasteiger partial charge in [0.15, 0.2) is 11.5 Å². The van der Waals surface area contributed by atoms with Crippen LogP contribution in [0.25, 0.3) is 50.4 Å². The van der Waals surface area contributed by atoms with Gasteiger partial charge in [-0.25, -0.2) is 19.3 Å². The van der Waals surface area contributed by atoms with E-state index in [-0.39, 0.29) is 5.92 Å². The molecule has 1 saturated carbocycles. The Kier molecular flexibility index (Phi) is 6.00. The fourth-order valence-corrected chi connectivity index (χ4v) is 5.62. The number of nitrogens with one attached hydrogen (secondary N) is 3. The minimum absolute atomic E-state index is 0.204. The first-order valence-corrected chi connectivity index (χ1v) is 13.5. The molecule has 7 rings (SSSR count). The first-order chi connectivity index (χ1) is 19.5. The van der Waals surface area contributed by atoms with Crippen molar-refractivity contribution < 1.29 is 9.50 Å². The van der Waals surface area contributed by atoms with E-state index in [1.165, 1.54) is 12.5 Å². The molecule has 5 aromatic heterocycles. The Bertz CT molecular complexity index is 1830. The minimum atomic E-state index is -0.664. The van der Waals surface area contributed by atoms with E-state index in [9.17, 15) is 5.11 Å². The predicted octanol–water partition coefficient (Wildman–Crippen LogP) is 5.51. The van der Waals surface area contributed by atoms with Crippen molar-refractivity contribution in [3.63, 3.8) is 0 Å². The first kappa shape index (κ1) is 24.4. The van der Waals surface area contributed by atoms with Gasteiger partial charge in [-0.1, -0.05) is 19.3 Å². The number of pyridine rings is 2. The number of rotatable bonds is 6. The maximum absolute atomic E-state index is 15.3. The zero-order valence-electron chi connectivity index (χ0n) is 21.9. The summed E-state index contributed by atoms with van der Waals surface area (Å²) in [6, 6.07) is 6.87. The van der Waals surface area contributed by atoms with Crippen molar-refractivity contribution in [3.05, 3.63) is 66.9 Å². The zero-order chi connectivity index (χ0) is 27.2.